The lowest BCUT2D eigenvalue weighted by molar-refractivity contribution is 0.488. The second kappa shape index (κ2) is 10.5. The van der Waals surface area contributed by atoms with E-state index in [2.05, 4.69) is 27.2 Å². The second-order valence-electron chi connectivity index (χ2n) is 8.07. The van der Waals surface area contributed by atoms with Crippen LogP contribution in [0.5, 0.6) is 0 Å². The second-order valence-corrected chi connectivity index (χ2v) is 8.88. The van der Waals surface area contributed by atoms with Gasteiger partial charge in [0.05, 0.1) is 21.8 Å². The van der Waals surface area contributed by atoms with Crippen LogP contribution in [0, 0.1) is 17.6 Å². The van der Waals surface area contributed by atoms with Gasteiger partial charge in [-0.05, 0) is 43.6 Å². The van der Waals surface area contributed by atoms with Gasteiger partial charge in [0.2, 0.25) is 0 Å². The number of rotatable bonds is 8. The van der Waals surface area contributed by atoms with Crippen molar-refractivity contribution in [2.24, 2.45) is 10.9 Å². The number of hydrogen-bond acceptors (Lipinski definition) is 5. The summed E-state index contributed by atoms with van der Waals surface area (Å²) in [5, 5.41) is 7.20. The summed E-state index contributed by atoms with van der Waals surface area (Å²) in [7, 11) is 0. The molecule has 2 aromatic carbocycles. The molecule has 4 N–H and O–H groups in total. The zero-order valence-electron chi connectivity index (χ0n) is 18.3. The Balaban J connectivity index is 1.58. The summed E-state index contributed by atoms with van der Waals surface area (Å²) < 4.78 is 28.8. The lowest BCUT2D eigenvalue weighted by atomic mass is 10.1. The smallest absolute Gasteiger partial charge is 0.145 e. The molecule has 178 valence electrons. The minimum atomic E-state index is -0.644. The highest BCUT2D eigenvalue weighted by atomic mass is 35.5. The first-order valence-electron chi connectivity index (χ1n) is 10.8. The lowest BCUT2D eigenvalue weighted by Gasteiger charge is -2.15. The molecule has 0 aliphatic carbocycles. The standard InChI is InChI=1S/C24H24Cl2F2N6/c1-14(31-11-16-5-6-17(27)9-20(16)28)32-12-21-23(29)34(13-15-7-8-30-10-15)24(33-21)22-18(25)3-2-4-19(22)26/h2-6,9,12,15,30-31H,1,7-8,10-11,13,29H2/b32-12-/t15-/m0/s1. The van der Waals surface area contributed by atoms with Crippen LogP contribution in [0.2, 0.25) is 10.0 Å². The maximum Gasteiger partial charge on any atom is 0.145 e. The molecule has 1 aliphatic heterocycles. The zero-order valence-corrected chi connectivity index (χ0v) is 19.8. The van der Waals surface area contributed by atoms with Crippen molar-refractivity contribution in [3.63, 3.8) is 0 Å². The van der Waals surface area contributed by atoms with Gasteiger partial charge in [0, 0.05) is 24.7 Å². The van der Waals surface area contributed by atoms with Crippen LogP contribution in [0.15, 0.2) is 53.8 Å². The van der Waals surface area contributed by atoms with E-state index >= 15 is 0 Å². The fourth-order valence-corrected chi connectivity index (χ4v) is 4.41. The van der Waals surface area contributed by atoms with Crippen molar-refractivity contribution >= 4 is 35.2 Å². The molecule has 10 heteroatoms. The fourth-order valence-electron chi connectivity index (χ4n) is 3.84. The molecule has 2 heterocycles. The molecule has 0 saturated carbocycles. The molecule has 1 saturated heterocycles. The van der Waals surface area contributed by atoms with Crippen molar-refractivity contribution < 1.29 is 8.78 Å². The monoisotopic (exact) mass is 504 g/mol. The van der Waals surface area contributed by atoms with Crippen molar-refractivity contribution in [2.75, 3.05) is 18.8 Å². The number of aliphatic imine (C=N–C) groups is 1. The number of nitrogen functional groups attached to an aromatic ring is 1. The number of nitrogens with one attached hydrogen (secondary N) is 2. The quantitative estimate of drug-likeness (QED) is 0.376. The Morgan fingerprint density at radius 3 is 2.74 bits per heavy atom. The predicted molar refractivity (Wildman–Crippen MR) is 133 cm³/mol. The van der Waals surface area contributed by atoms with Gasteiger partial charge in [-0.2, -0.15) is 0 Å². The molecular weight excluding hydrogens is 481 g/mol. The van der Waals surface area contributed by atoms with Crippen LogP contribution in [0.25, 0.3) is 11.4 Å². The molecule has 4 rings (SSSR count). The highest BCUT2D eigenvalue weighted by molar-refractivity contribution is 6.39. The molecule has 0 bridgehead atoms. The number of benzene rings is 2. The van der Waals surface area contributed by atoms with Crippen LogP contribution >= 0.6 is 23.2 Å². The maximum absolute atomic E-state index is 13.8. The largest absolute Gasteiger partial charge is 0.383 e. The first-order chi connectivity index (χ1) is 16.3. The molecule has 0 amide bonds. The molecule has 1 fully saturated rings. The van der Waals surface area contributed by atoms with Gasteiger partial charge in [0.25, 0.3) is 0 Å². The van der Waals surface area contributed by atoms with Crippen LogP contribution < -0.4 is 16.4 Å². The first kappa shape index (κ1) is 24.2. The SMILES string of the molecule is C=C(/N=C\c1nc(-c2c(Cl)cccc2Cl)n(C[C@H]2CCNC2)c1N)NCc1ccc(F)cc1F. The van der Waals surface area contributed by atoms with Crippen LogP contribution in [-0.4, -0.2) is 28.9 Å². The van der Waals surface area contributed by atoms with E-state index in [-0.39, 0.29) is 12.4 Å². The summed E-state index contributed by atoms with van der Waals surface area (Å²) in [6.07, 6.45) is 2.51. The van der Waals surface area contributed by atoms with Gasteiger partial charge >= 0.3 is 0 Å². The van der Waals surface area contributed by atoms with Crippen molar-refractivity contribution in [3.8, 4) is 11.4 Å². The number of hydrogen-bond donors (Lipinski definition) is 3. The Bertz CT molecular complexity index is 1210. The molecule has 0 unspecified atom stereocenters. The summed E-state index contributed by atoms with van der Waals surface area (Å²) in [6.45, 7) is 6.42. The zero-order chi connectivity index (χ0) is 24.2. The fraction of sp³-hybridized carbons (Fsp3) is 0.250. The van der Waals surface area contributed by atoms with E-state index in [4.69, 9.17) is 28.9 Å². The van der Waals surface area contributed by atoms with Gasteiger partial charge in [-0.15, -0.1) is 0 Å². The predicted octanol–water partition coefficient (Wildman–Crippen LogP) is 5.01. The average Bonchev–Trinajstić information content (AvgIpc) is 3.41. The normalized spacial score (nSPS) is 15.8. The topological polar surface area (TPSA) is 80.3 Å². The third kappa shape index (κ3) is 5.41. The van der Waals surface area contributed by atoms with E-state index in [1.54, 1.807) is 18.2 Å². The number of imidazole rings is 1. The van der Waals surface area contributed by atoms with Crippen LogP contribution in [-0.2, 0) is 13.1 Å². The van der Waals surface area contributed by atoms with Gasteiger partial charge in [0.1, 0.15) is 34.8 Å². The summed E-state index contributed by atoms with van der Waals surface area (Å²) in [4.78, 5) is 8.97. The Labute approximate surface area is 206 Å². The van der Waals surface area contributed by atoms with Crippen molar-refractivity contribution in [2.45, 2.75) is 19.5 Å². The molecule has 1 atom stereocenters. The number of nitrogens with zero attached hydrogens (tertiary/aromatic N) is 3. The van der Waals surface area contributed by atoms with Gasteiger partial charge in [-0.25, -0.2) is 18.8 Å². The number of nitrogens with two attached hydrogens (primary N) is 1. The molecule has 0 spiro atoms. The van der Waals surface area contributed by atoms with E-state index in [1.165, 1.54) is 18.3 Å². The van der Waals surface area contributed by atoms with Gasteiger partial charge in [-0.1, -0.05) is 41.9 Å². The number of aromatic nitrogens is 2. The number of halogens is 4. The van der Waals surface area contributed by atoms with Crippen molar-refractivity contribution in [1.29, 1.82) is 0 Å². The van der Waals surface area contributed by atoms with Gasteiger partial charge in [-0.3, -0.25) is 0 Å². The van der Waals surface area contributed by atoms with Crippen molar-refractivity contribution in [1.82, 2.24) is 20.2 Å². The average molecular weight is 505 g/mol. The lowest BCUT2D eigenvalue weighted by Crippen LogP contribution is -2.17. The van der Waals surface area contributed by atoms with E-state index in [0.29, 0.717) is 51.0 Å². The third-order valence-electron chi connectivity index (χ3n) is 5.67. The summed E-state index contributed by atoms with van der Waals surface area (Å²) in [5.41, 5.74) is 7.81. The van der Waals surface area contributed by atoms with Gasteiger partial charge in [0.15, 0.2) is 0 Å². The van der Waals surface area contributed by atoms with Crippen LogP contribution in [0.3, 0.4) is 0 Å². The van der Waals surface area contributed by atoms with E-state index < -0.39 is 11.6 Å². The van der Waals surface area contributed by atoms with Crippen LogP contribution in [0.1, 0.15) is 17.7 Å². The molecule has 1 aromatic heterocycles. The molecule has 1 aliphatic rings. The highest BCUT2D eigenvalue weighted by Gasteiger charge is 2.23. The van der Waals surface area contributed by atoms with Crippen LogP contribution in [0.4, 0.5) is 14.6 Å². The summed E-state index contributed by atoms with van der Waals surface area (Å²) in [6, 6.07) is 8.67. The highest BCUT2D eigenvalue weighted by Crippen LogP contribution is 2.36. The molecule has 3 aromatic rings. The Hall–Kier alpha value is -2.94. The van der Waals surface area contributed by atoms with Gasteiger partial charge < -0.3 is 20.9 Å². The third-order valence-corrected chi connectivity index (χ3v) is 6.30. The molecule has 0 radical (unpaired) electrons. The molecular formula is C24H24Cl2F2N6. The molecule has 6 nitrogen and oxygen atoms in total. The van der Waals surface area contributed by atoms with E-state index in [9.17, 15) is 8.78 Å². The first-order valence-corrected chi connectivity index (χ1v) is 11.5. The Kier molecular flexibility index (Phi) is 7.50. The maximum atomic E-state index is 13.8. The summed E-state index contributed by atoms with van der Waals surface area (Å²) in [5.74, 6) is 0.382. The minimum Gasteiger partial charge on any atom is -0.383 e. The summed E-state index contributed by atoms with van der Waals surface area (Å²) >= 11 is 12.9. The van der Waals surface area contributed by atoms with Crippen molar-refractivity contribution in [3.05, 3.63) is 81.7 Å². The van der Waals surface area contributed by atoms with E-state index in [1.807, 2.05) is 4.57 Å². The Morgan fingerprint density at radius 2 is 2.06 bits per heavy atom. The van der Waals surface area contributed by atoms with E-state index in [0.717, 1.165) is 25.6 Å². The minimum absolute atomic E-state index is 0.0986. The number of anilines is 1. The Morgan fingerprint density at radius 1 is 1.29 bits per heavy atom. The molecule has 34 heavy (non-hydrogen) atoms.